The Bertz CT molecular complexity index is 795. The van der Waals surface area contributed by atoms with Crippen molar-refractivity contribution in [2.75, 3.05) is 53.4 Å². The molecule has 190 valence electrons. The van der Waals surface area contributed by atoms with Gasteiger partial charge in [0.2, 0.25) is 0 Å². The number of quaternary nitrogens is 2. The van der Waals surface area contributed by atoms with E-state index in [9.17, 15) is 9.59 Å². The zero-order valence-electron chi connectivity index (χ0n) is 23.6. The van der Waals surface area contributed by atoms with Gasteiger partial charge in [0, 0.05) is 0 Å². The van der Waals surface area contributed by atoms with E-state index in [4.69, 9.17) is 0 Å². The zero-order valence-corrected chi connectivity index (χ0v) is 23.6. The fourth-order valence-electron chi connectivity index (χ4n) is 4.47. The fourth-order valence-corrected chi connectivity index (χ4v) is 4.47. The first-order valence-electron chi connectivity index (χ1n) is 12.9. The van der Waals surface area contributed by atoms with Gasteiger partial charge in [-0.15, -0.1) is 0 Å². The molecule has 0 fully saturated rings. The van der Waals surface area contributed by atoms with Crippen LogP contribution in [0.2, 0.25) is 0 Å². The summed E-state index contributed by atoms with van der Waals surface area (Å²) in [5.41, 5.74) is 1.15. The lowest BCUT2D eigenvalue weighted by molar-refractivity contribution is -0.910. The van der Waals surface area contributed by atoms with E-state index < -0.39 is 10.8 Å². The highest BCUT2D eigenvalue weighted by Gasteiger charge is 2.35. The molecule has 1 rings (SSSR count). The summed E-state index contributed by atoms with van der Waals surface area (Å²) in [6.07, 6.45) is 7.21. The van der Waals surface area contributed by atoms with Crippen molar-refractivity contribution < 1.29 is 18.6 Å². The molecule has 0 aromatic heterocycles. The zero-order chi connectivity index (χ0) is 26.2. The molecule has 1 aromatic rings. The lowest BCUT2D eigenvalue weighted by Crippen LogP contribution is -2.51. The average molecular weight is 471 g/mol. The first kappa shape index (κ1) is 30.0. The molecule has 0 saturated carbocycles. The average Bonchev–Trinajstić information content (AvgIpc) is 2.80. The predicted octanol–water partition coefficient (Wildman–Crippen LogP) is 5.88. The molecule has 0 bridgehead atoms. The molecule has 0 amide bonds. The topological polar surface area (TPSA) is 34.1 Å². The maximum atomic E-state index is 12.9. The highest BCUT2D eigenvalue weighted by molar-refractivity contribution is 5.98. The SMILES string of the molecule is CC[N+](C)(CC)CC(C)(C)C(=O)/C=C/c1ccc(/C=C/C(=O)C(C)(C)C[N+](C)(CC)CC)cc1. The third-order valence-corrected chi connectivity index (χ3v) is 7.73. The molecule has 0 spiro atoms. The number of ketones is 2. The lowest BCUT2D eigenvalue weighted by Gasteiger charge is -2.38. The van der Waals surface area contributed by atoms with Gasteiger partial charge < -0.3 is 8.97 Å². The van der Waals surface area contributed by atoms with Crippen LogP contribution in [0.5, 0.6) is 0 Å². The van der Waals surface area contributed by atoms with Crippen molar-refractivity contribution in [2.24, 2.45) is 10.8 Å². The summed E-state index contributed by atoms with van der Waals surface area (Å²) in [5, 5.41) is 0. The minimum atomic E-state index is -0.405. The Labute approximate surface area is 209 Å². The smallest absolute Gasteiger partial charge is 0.166 e. The van der Waals surface area contributed by atoms with Crippen molar-refractivity contribution in [1.29, 1.82) is 0 Å². The van der Waals surface area contributed by atoms with E-state index in [1.54, 1.807) is 12.2 Å². The van der Waals surface area contributed by atoms with Gasteiger partial charge in [0.1, 0.15) is 0 Å². The second-order valence-corrected chi connectivity index (χ2v) is 11.6. The summed E-state index contributed by atoms with van der Waals surface area (Å²) in [4.78, 5) is 25.8. The summed E-state index contributed by atoms with van der Waals surface area (Å²) in [7, 11) is 4.42. The van der Waals surface area contributed by atoms with Gasteiger partial charge in [-0.05, 0) is 78.7 Å². The Hall–Kier alpha value is -2.04. The van der Waals surface area contributed by atoms with E-state index in [1.807, 2.05) is 64.1 Å². The van der Waals surface area contributed by atoms with Crippen LogP contribution in [0.4, 0.5) is 0 Å². The van der Waals surface area contributed by atoms with Gasteiger partial charge in [0.15, 0.2) is 11.6 Å². The maximum Gasteiger partial charge on any atom is 0.166 e. The van der Waals surface area contributed by atoms with E-state index in [2.05, 4.69) is 41.8 Å². The van der Waals surface area contributed by atoms with Crippen LogP contribution in [0.25, 0.3) is 12.2 Å². The number of carbonyl (C=O) groups is 2. The van der Waals surface area contributed by atoms with Crippen LogP contribution in [-0.4, -0.2) is 73.9 Å². The monoisotopic (exact) mass is 470 g/mol. The van der Waals surface area contributed by atoms with Gasteiger partial charge in [-0.25, -0.2) is 0 Å². The number of hydrogen-bond donors (Lipinski definition) is 0. The van der Waals surface area contributed by atoms with E-state index in [0.29, 0.717) is 0 Å². The van der Waals surface area contributed by atoms with Crippen molar-refractivity contribution in [3.05, 3.63) is 47.5 Å². The number of carbonyl (C=O) groups excluding carboxylic acids is 2. The molecule has 1 aromatic carbocycles. The maximum absolute atomic E-state index is 12.9. The molecule has 4 heteroatoms. The molecule has 0 saturated heterocycles. The Morgan fingerprint density at radius 1 is 0.647 bits per heavy atom. The van der Waals surface area contributed by atoms with Crippen molar-refractivity contribution in [2.45, 2.75) is 55.4 Å². The molecule has 34 heavy (non-hydrogen) atoms. The molecule has 0 aliphatic carbocycles. The molecule has 0 heterocycles. The Balaban J connectivity index is 2.84. The number of hydrogen-bond acceptors (Lipinski definition) is 2. The third-order valence-electron chi connectivity index (χ3n) is 7.73. The summed E-state index contributed by atoms with van der Waals surface area (Å²) < 4.78 is 1.77. The van der Waals surface area contributed by atoms with Crippen molar-refractivity contribution in [3.63, 3.8) is 0 Å². The number of rotatable bonds is 14. The molecule has 0 N–H and O–H groups in total. The van der Waals surface area contributed by atoms with Crippen LogP contribution in [0.1, 0.15) is 66.5 Å². The van der Waals surface area contributed by atoms with E-state index >= 15 is 0 Å². The van der Waals surface area contributed by atoms with Crippen LogP contribution in [0.3, 0.4) is 0 Å². The van der Waals surface area contributed by atoms with E-state index in [0.717, 1.165) is 59.4 Å². The minimum absolute atomic E-state index is 0.153. The Kier molecular flexibility index (Phi) is 10.7. The van der Waals surface area contributed by atoms with Crippen LogP contribution in [0.15, 0.2) is 36.4 Å². The number of allylic oxidation sites excluding steroid dienone is 2. The van der Waals surface area contributed by atoms with Gasteiger partial charge in [0.25, 0.3) is 0 Å². The van der Waals surface area contributed by atoms with Crippen LogP contribution in [-0.2, 0) is 9.59 Å². The molecular formula is C30H50N2O2+2. The van der Waals surface area contributed by atoms with Gasteiger partial charge in [0.05, 0.1) is 64.2 Å². The van der Waals surface area contributed by atoms with Crippen LogP contribution < -0.4 is 0 Å². The third kappa shape index (κ3) is 8.63. The van der Waals surface area contributed by atoms with Crippen molar-refractivity contribution >= 4 is 23.7 Å². The predicted molar refractivity (Wildman–Crippen MR) is 146 cm³/mol. The normalized spacial score (nSPS) is 13.7. The standard InChI is InChI=1S/C30H50N2O2/c1-11-31(9,12-2)23-29(5,6)27(33)21-19-25-15-17-26(18-16-25)20-22-28(34)30(7,8)24-32(10,13-3)14-4/h15-22H,11-14,23-24H2,1-10H3/q+2/b21-19+,22-20+. The fraction of sp³-hybridized carbons (Fsp3) is 0.600. The highest BCUT2D eigenvalue weighted by atomic mass is 16.1. The summed E-state index contributed by atoms with van der Waals surface area (Å²) in [5.74, 6) is 0.306. The molecule has 0 unspecified atom stereocenters. The Morgan fingerprint density at radius 3 is 1.15 bits per heavy atom. The van der Waals surface area contributed by atoms with Gasteiger partial charge in [-0.1, -0.05) is 36.4 Å². The quantitative estimate of drug-likeness (QED) is 0.251. The Morgan fingerprint density at radius 2 is 0.912 bits per heavy atom. The summed E-state index contributed by atoms with van der Waals surface area (Å²) >= 11 is 0. The summed E-state index contributed by atoms with van der Waals surface area (Å²) in [6, 6.07) is 7.97. The van der Waals surface area contributed by atoms with E-state index in [-0.39, 0.29) is 11.6 Å². The lowest BCUT2D eigenvalue weighted by atomic mass is 9.85. The first-order valence-corrected chi connectivity index (χ1v) is 12.9. The minimum Gasteiger partial charge on any atom is -0.326 e. The van der Waals surface area contributed by atoms with Gasteiger partial charge >= 0.3 is 0 Å². The molecule has 0 atom stereocenters. The molecule has 0 aliphatic rings. The summed E-state index contributed by atoms with van der Waals surface area (Å²) in [6.45, 7) is 22.6. The number of nitrogens with zero attached hydrogens (tertiary/aromatic N) is 2. The number of benzene rings is 1. The van der Waals surface area contributed by atoms with E-state index in [1.165, 1.54) is 0 Å². The molecule has 0 radical (unpaired) electrons. The second kappa shape index (κ2) is 12.1. The van der Waals surface area contributed by atoms with Gasteiger partial charge in [-0.3, -0.25) is 9.59 Å². The van der Waals surface area contributed by atoms with Crippen molar-refractivity contribution in [3.8, 4) is 0 Å². The van der Waals surface area contributed by atoms with Crippen LogP contribution in [0, 0.1) is 10.8 Å². The second-order valence-electron chi connectivity index (χ2n) is 11.6. The van der Waals surface area contributed by atoms with Crippen LogP contribution >= 0.6 is 0 Å². The first-order chi connectivity index (χ1) is 15.7. The van der Waals surface area contributed by atoms with Gasteiger partial charge in [-0.2, -0.15) is 0 Å². The van der Waals surface area contributed by atoms with Crippen molar-refractivity contribution in [1.82, 2.24) is 0 Å². The molecular weight excluding hydrogens is 420 g/mol. The molecule has 4 nitrogen and oxygen atoms in total. The molecule has 0 aliphatic heterocycles. The highest BCUT2D eigenvalue weighted by Crippen LogP contribution is 2.24. The largest absolute Gasteiger partial charge is 0.326 e.